The molecule has 5 nitrogen and oxygen atoms in total. The predicted molar refractivity (Wildman–Crippen MR) is 101 cm³/mol. The Morgan fingerprint density at radius 1 is 1.08 bits per heavy atom. The van der Waals surface area contributed by atoms with Gasteiger partial charge in [-0.1, -0.05) is 50.6 Å². The topological polar surface area (TPSA) is 52.7 Å². The Labute approximate surface area is 155 Å². The molecule has 0 saturated carbocycles. The molecule has 0 atom stereocenters. The van der Waals surface area contributed by atoms with Gasteiger partial charge in [-0.25, -0.2) is 4.79 Å². The third kappa shape index (κ3) is 6.24. The zero-order chi connectivity index (χ0) is 18.4. The van der Waals surface area contributed by atoms with Gasteiger partial charge in [0.15, 0.2) is 0 Å². The second-order valence-electron chi connectivity index (χ2n) is 7.71. The molecule has 1 aromatic rings. The first-order valence-electron chi connectivity index (χ1n) is 8.80. The van der Waals surface area contributed by atoms with Crippen molar-refractivity contribution in [3.63, 3.8) is 0 Å². The van der Waals surface area contributed by atoms with Gasteiger partial charge in [-0.15, -0.1) is 0 Å². The Kier molecular flexibility index (Phi) is 6.71. The summed E-state index contributed by atoms with van der Waals surface area (Å²) in [4.78, 5) is 28.5. The largest absolute Gasteiger partial charge is 0.341 e. The van der Waals surface area contributed by atoms with Gasteiger partial charge in [0.05, 0.1) is 6.42 Å². The maximum atomic E-state index is 12.6. The lowest BCUT2D eigenvalue weighted by atomic mass is 9.97. The molecule has 1 heterocycles. The van der Waals surface area contributed by atoms with E-state index >= 15 is 0 Å². The quantitative estimate of drug-likeness (QED) is 0.894. The highest BCUT2D eigenvalue weighted by molar-refractivity contribution is 6.31. The van der Waals surface area contributed by atoms with Gasteiger partial charge >= 0.3 is 6.03 Å². The third-order valence-corrected chi connectivity index (χ3v) is 4.57. The monoisotopic (exact) mass is 365 g/mol. The van der Waals surface area contributed by atoms with Gasteiger partial charge < -0.3 is 15.1 Å². The van der Waals surface area contributed by atoms with Crippen molar-refractivity contribution in [1.29, 1.82) is 0 Å². The molecule has 0 radical (unpaired) electrons. The number of benzene rings is 1. The Hall–Kier alpha value is -1.75. The Morgan fingerprint density at radius 2 is 1.72 bits per heavy atom. The number of urea groups is 1. The van der Waals surface area contributed by atoms with Crippen molar-refractivity contribution in [2.24, 2.45) is 5.41 Å². The second-order valence-corrected chi connectivity index (χ2v) is 8.12. The molecule has 1 aliphatic heterocycles. The van der Waals surface area contributed by atoms with E-state index in [4.69, 9.17) is 11.6 Å². The van der Waals surface area contributed by atoms with Crippen molar-refractivity contribution in [2.75, 3.05) is 32.7 Å². The van der Waals surface area contributed by atoms with Crippen LogP contribution in [0.25, 0.3) is 0 Å². The molecule has 1 N–H and O–H groups in total. The summed E-state index contributed by atoms with van der Waals surface area (Å²) in [5.41, 5.74) is 0.900. The van der Waals surface area contributed by atoms with Crippen molar-refractivity contribution in [1.82, 2.24) is 15.1 Å². The molecule has 25 heavy (non-hydrogen) atoms. The Balaban J connectivity index is 1.87. The molecule has 0 bridgehead atoms. The zero-order valence-electron chi connectivity index (χ0n) is 15.3. The van der Waals surface area contributed by atoms with Crippen LogP contribution in [0, 0.1) is 5.41 Å². The van der Waals surface area contributed by atoms with Gasteiger partial charge in [0, 0.05) is 37.7 Å². The molecule has 0 spiro atoms. The SMILES string of the molecule is CC(C)(C)CNC(=O)N1CCCN(C(=O)Cc2ccccc2Cl)CC1. The molecule has 1 aromatic carbocycles. The molecule has 0 aromatic heterocycles. The van der Waals surface area contributed by atoms with E-state index in [0.29, 0.717) is 44.2 Å². The summed E-state index contributed by atoms with van der Waals surface area (Å²) in [6, 6.07) is 7.38. The minimum Gasteiger partial charge on any atom is -0.341 e. The highest BCUT2D eigenvalue weighted by Crippen LogP contribution is 2.17. The molecule has 3 amide bonds. The summed E-state index contributed by atoms with van der Waals surface area (Å²) in [5.74, 6) is 0.0602. The van der Waals surface area contributed by atoms with E-state index in [-0.39, 0.29) is 17.4 Å². The maximum Gasteiger partial charge on any atom is 0.317 e. The molecule has 2 rings (SSSR count). The lowest BCUT2D eigenvalue weighted by Gasteiger charge is -2.25. The van der Waals surface area contributed by atoms with Crippen molar-refractivity contribution in [3.05, 3.63) is 34.9 Å². The smallest absolute Gasteiger partial charge is 0.317 e. The number of amides is 3. The number of hydrogen-bond donors (Lipinski definition) is 1. The summed E-state index contributed by atoms with van der Waals surface area (Å²) in [5, 5.41) is 3.60. The van der Waals surface area contributed by atoms with Crippen LogP contribution in [-0.2, 0) is 11.2 Å². The summed E-state index contributed by atoms with van der Waals surface area (Å²) >= 11 is 6.14. The zero-order valence-corrected chi connectivity index (χ0v) is 16.1. The van der Waals surface area contributed by atoms with Crippen molar-refractivity contribution >= 4 is 23.5 Å². The normalized spacial score (nSPS) is 15.7. The molecule has 6 heteroatoms. The number of hydrogen-bond acceptors (Lipinski definition) is 2. The minimum absolute atomic E-state index is 0.0460. The first-order valence-corrected chi connectivity index (χ1v) is 9.18. The third-order valence-electron chi connectivity index (χ3n) is 4.21. The number of rotatable bonds is 3. The van der Waals surface area contributed by atoms with E-state index in [1.54, 1.807) is 11.0 Å². The molecule has 0 unspecified atom stereocenters. The number of carbonyl (C=O) groups excluding carboxylic acids is 2. The van der Waals surface area contributed by atoms with Gasteiger partial charge in [-0.3, -0.25) is 4.79 Å². The van der Waals surface area contributed by atoms with E-state index < -0.39 is 0 Å². The predicted octanol–water partition coefficient (Wildman–Crippen LogP) is 3.17. The fourth-order valence-corrected chi connectivity index (χ4v) is 2.94. The minimum atomic E-state index is -0.0460. The summed E-state index contributed by atoms with van der Waals surface area (Å²) in [6.07, 6.45) is 1.09. The van der Waals surface area contributed by atoms with Gasteiger partial charge in [0.1, 0.15) is 0 Å². The van der Waals surface area contributed by atoms with E-state index in [1.807, 2.05) is 23.1 Å². The van der Waals surface area contributed by atoms with Crippen LogP contribution in [0.1, 0.15) is 32.8 Å². The Bertz CT molecular complexity index is 613. The van der Waals surface area contributed by atoms with Gasteiger partial charge in [-0.05, 0) is 23.5 Å². The van der Waals surface area contributed by atoms with E-state index in [1.165, 1.54) is 0 Å². The molecule has 1 aliphatic rings. The van der Waals surface area contributed by atoms with Crippen LogP contribution < -0.4 is 5.32 Å². The fraction of sp³-hybridized carbons (Fsp3) is 0.579. The first kappa shape index (κ1) is 19.6. The average Bonchev–Trinajstić information content (AvgIpc) is 2.80. The van der Waals surface area contributed by atoms with Gasteiger partial charge in [-0.2, -0.15) is 0 Å². The standard InChI is InChI=1S/C19H28ClN3O2/c1-19(2,3)14-21-18(25)23-10-6-9-22(11-12-23)17(24)13-15-7-4-5-8-16(15)20/h4-5,7-8H,6,9-14H2,1-3H3,(H,21,25). The molecule has 1 saturated heterocycles. The number of nitrogens with one attached hydrogen (secondary N) is 1. The summed E-state index contributed by atoms with van der Waals surface area (Å²) < 4.78 is 0. The van der Waals surface area contributed by atoms with Gasteiger partial charge in [0.2, 0.25) is 5.91 Å². The lowest BCUT2D eigenvalue weighted by Crippen LogP contribution is -2.45. The van der Waals surface area contributed by atoms with Crippen LogP contribution in [0.3, 0.4) is 0 Å². The van der Waals surface area contributed by atoms with Crippen molar-refractivity contribution < 1.29 is 9.59 Å². The van der Waals surface area contributed by atoms with Crippen LogP contribution in [0.2, 0.25) is 5.02 Å². The van der Waals surface area contributed by atoms with Gasteiger partial charge in [0.25, 0.3) is 0 Å². The lowest BCUT2D eigenvalue weighted by molar-refractivity contribution is -0.130. The molecule has 138 valence electrons. The van der Waals surface area contributed by atoms with E-state index in [9.17, 15) is 9.59 Å². The van der Waals surface area contributed by atoms with E-state index in [2.05, 4.69) is 26.1 Å². The highest BCUT2D eigenvalue weighted by atomic mass is 35.5. The fourth-order valence-electron chi connectivity index (χ4n) is 2.74. The maximum absolute atomic E-state index is 12.6. The second kappa shape index (κ2) is 8.56. The van der Waals surface area contributed by atoms with Crippen LogP contribution >= 0.6 is 11.6 Å². The number of carbonyl (C=O) groups is 2. The summed E-state index contributed by atoms with van der Waals surface area (Å²) in [6.45, 7) is 9.37. The number of halogens is 1. The number of nitrogens with zero attached hydrogens (tertiary/aromatic N) is 2. The van der Waals surface area contributed by atoms with Crippen molar-refractivity contribution in [3.8, 4) is 0 Å². The molecular weight excluding hydrogens is 338 g/mol. The first-order chi connectivity index (χ1) is 11.8. The van der Waals surface area contributed by atoms with Crippen LogP contribution in [0.4, 0.5) is 4.79 Å². The van der Waals surface area contributed by atoms with Crippen LogP contribution in [0.5, 0.6) is 0 Å². The highest BCUT2D eigenvalue weighted by Gasteiger charge is 2.23. The summed E-state index contributed by atoms with van der Waals surface area (Å²) in [7, 11) is 0. The van der Waals surface area contributed by atoms with Crippen molar-refractivity contribution in [2.45, 2.75) is 33.6 Å². The van der Waals surface area contributed by atoms with Crippen LogP contribution in [0.15, 0.2) is 24.3 Å². The molecule has 0 aliphatic carbocycles. The molecular formula is C19H28ClN3O2. The average molecular weight is 366 g/mol. The van der Waals surface area contributed by atoms with Crippen LogP contribution in [-0.4, -0.2) is 54.5 Å². The Morgan fingerprint density at radius 3 is 2.40 bits per heavy atom. The van der Waals surface area contributed by atoms with E-state index in [0.717, 1.165) is 12.0 Å². The molecule has 1 fully saturated rings.